The third-order valence-corrected chi connectivity index (χ3v) is 4.72. The van der Waals surface area contributed by atoms with E-state index in [0.29, 0.717) is 22.0 Å². The fraction of sp³-hybridized carbons (Fsp3) is 0.190. The Morgan fingerprint density at radius 1 is 1.10 bits per heavy atom. The van der Waals surface area contributed by atoms with Crippen molar-refractivity contribution < 1.29 is 23.5 Å². The van der Waals surface area contributed by atoms with Crippen molar-refractivity contribution in [2.24, 2.45) is 0 Å². The lowest BCUT2D eigenvalue weighted by molar-refractivity contribution is 0.0461. The standard InChI is InChI=1S/C21H17ClN4O5/c1-3-29-21(28)16-10(2)31-19-17(16)18(23)25-15(26-19)9-30-20(27)12-4-6-13-11(8-12)5-7-14(22)24-13/h4-8H,3,9H2,1-2H3,(H2,23,25,26). The number of furan rings is 1. The van der Waals surface area contributed by atoms with E-state index >= 15 is 0 Å². The van der Waals surface area contributed by atoms with Gasteiger partial charge in [-0.2, -0.15) is 4.98 Å². The molecule has 1 aromatic carbocycles. The molecule has 0 saturated carbocycles. The summed E-state index contributed by atoms with van der Waals surface area (Å²) in [6.45, 7) is 3.28. The Kier molecular flexibility index (Phi) is 5.43. The lowest BCUT2D eigenvalue weighted by atomic mass is 10.1. The van der Waals surface area contributed by atoms with Crippen LogP contribution in [0.4, 0.5) is 5.82 Å². The van der Waals surface area contributed by atoms with E-state index in [1.54, 1.807) is 44.2 Å². The number of nitrogens with zero attached hydrogens (tertiary/aromatic N) is 3. The second-order valence-corrected chi connectivity index (χ2v) is 6.96. The lowest BCUT2D eigenvalue weighted by Crippen LogP contribution is -2.10. The Morgan fingerprint density at radius 2 is 1.90 bits per heavy atom. The van der Waals surface area contributed by atoms with Gasteiger partial charge in [0.25, 0.3) is 0 Å². The number of fused-ring (bicyclic) bond motifs is 2. The Morgan fingerprint density at radius 3 is 2.68 bits per heavy atom. The van der Waals surface area contributed by atoms with E-state index in [9.17, 15) is 9.59 Å². The summed E-state index contributed by atoms with van der Waals surface area (Å²) in [6, 6.07) is 8.33. The number of aryl methyl sites for hydroxylation is 1. The van der Waals surface area contributed by atoms with Gasteiger partial charge in [0.1, 0.15) is 22.3 Å². The zero-order valence-corrected chi connectivity index (χ0v) is 17.4. The Labute approximate surface area is 181 Å². The minimum atomic E-state index is -0.569. The van der Waals surface area contributed by atoms with Crippen molar-refractivity contribution in [3.63, 3.8) is 0 Å². The number of nitrogens with two attached hydrogens (primary N) is 1. The van der Waals surface area contributed by atoms with Gasteiger partial charge < -0.3 is 19.6 Å². The number of ether oxygens (including phenoxy) is 2. The van der Waals surface area contributed by atoms with Crippen LogP contribution in [-0.2, 0) is 16.1 Å². The van der Waals surface area contributed by atoms with Gasteiger partial charge in [0.05, 0.1) is 23.1 Å². The van der Waals surface area contributed by atoms with Crippen molar-refractivity contribution in [2.45, 2.75) is 20.5 Å². The fourth-order valence-electron chi connectivity index (χ4n) is 3.14. The average Bonchev–Trinajstić information content (AvgIpc) is 3.08. The molecule has 0 bridgehead atoms. The highest BCUT2D eigenvalue weighted by atomic mass is 35.5. The van der Waals surface area contributed by atoms with Gasteiger partial charge in [-0.25, -0.2) is 19.6 Å². The van der Waals surface area contributed by atoms with Crippen LogP contribution in [0.2, 0.25) is 5.15 Å². The molecule has 0 atom stereocenters. The molecule has 3 heterocycles. The highest BCUT2D eigenvalue weighted by molar-refractivity contribution is 6.29. The first-order valence-electron chi connectivity index (χ1n) is 9.33. The molecule has 0 unspecified atom stereocenters. The first-order valence-corrected chi connectivity index (χ1v) is 9.71. The molecule has 0 aliphatic rings. The monoisotopic (exact) mass is 440 g/mol. The lowest BCUT2D eigenvalue weighted by Gasteiger charge is -2.06. The van der Waals surface area contributed by atoms with Gasteiger partial charge in [0.15, 0.2) is 12.4 Å². The molecule has 0 aliphatic heterocycles. The van der Waals surface area contributed by atoms with Crippen LogP contribution in [0, 0.1) is 6.92 Å². The number of benzene rings is 1. The second-order valence-electron chi connectivity index (χ2n) is 6.58. The molecule has 9 nitrogen and oxygen atoms in total. The van der Waals surface area contributed by atoms with Gasteiger partial charge in [-0.15, -0.1) is 0 Å². The Hall–Kier alpha value is -3.72. The average molecular weight is 441 g/mol. The van der Waals surface area contributed by atoms with E-state index in [1.165, 1.54) is 0 Å². The number of hydrogen-bond acceptors (Lipinski definition) is 9. The summed E-state index contributed by atoms with van der Waals surface area (Å²) >= 11 is 5.88. The maximum Gasteiger partial charge on any atom is 0.342 e. The molecule has 3 aromatic heterocycles. The smallest absolute Gasteiger partial charge is 0.342 e. The molecular formula is C21H17ClN4O5. The molecule has 158 valence electrons. The van der Waals surface area contributed by atoms with Crippen LogP contribution in [0.5, 0.6) is 0 Å². The molecule has 10 heteroatoms. The summed E-state index contributed by atoms with van der Waals surface area (Å²) in [4.78, 5) is 37.2. The van der Waals surface area contributed by atoms with Crippen LogP contribution in [0.15, 0.2) is 34.7 Å². The largest absolute Gasteiger partial charge is 0.462 e. The van der Waals surface area contributed by atoms with Gasteiger partial charge in [-0.3, -0.25) is 0 Å². The molecule has 0 aliphatic carbocycles. The molecule has 0 amide bonds. The van der Waals surface area contributed by atoms with Crippen molar-refractivity contribution in [1.82, 2.24) is 15.0 Å². The second kappa shape index (κ2) is 8.19. The van der Waals surface area contributed by atoms with Crippen molar-refractivity contribution in [1.29, 1.82) is 0 Å². The van der Waals surface area contributed by atoms with Gasteiger partial charge in [0, 0.05) is 5.39 Å². The quantitative estimate of drug-likeness (QED) is 0.363. The maximum atomic E-state index is 12.5. The fourth-order valence-corrected chi connectivity index (χ4v) is 3.29. The van der Waals surface area contributed by atoms with Crippen molar-refractivity contribution in [2.75, 3.05) is 12.3 Å². The van der Waals surface area contributed by atoms with Gasteiger partial charge in [-0.05, 0) is 44.2 Å². The third kappa shape index (κ3) is 3.99. The van der Waals surface area contributed by atoms with Crippen molar-refractivity contribution in [3.05, 3.63) is 58.2 Å². The van der Waals surface area contributed by atoms with Crippen LogP contribution in [0.1, 0.15) is 39.2 Å². The predicted molar refractivity (Wildman–Crippen MR) is 113 cm³/mol. The summed E-state index contributed by atoms with van der Waals surface area (Å²) in [5, 5.41) is 1.39. The zero-order valence-electron chi connectivity index (χ0n) is 16.6. The van der Waals surface area contributed by atoms with E-state index < -0.39 is 11.9 Å². The number of rotatable bonds is 5. The van der Waals surface area contributed by atoms with E-state index in [-0.39, 0.29) is 41.5 Å². The number of nitrogen functional groups attached to an aromatic ring is 1. The molecule has 4 rings (SSSR count). The van der Waals surface area contributed by atoms with Crippen LogP contribution in [-0.4, -0.2) is 33.5 Å². The topological polar surface area (TPSA) is 130 Å². The first-order chi connectivity index (χ1) is 14.9. The third-order valence-electron chi connectivity index (χ3n) is 4.50. The molecule has 2 N–H and O–H groups in total. The van der Waals surface area contributed by atoms with Gasteiger partial charge in [0.2, 0.25) is 5.71 Å². The van der Waals surface area contributed by atoms with Crippen LogP contribution in [0.3, 0.4) is 0 Å². The number of aromatic nitrogens is 3. The minimum Gasteiger partial charge on any atom is -0.462 e. The van der Waals surface area contributed by atoms with Crippen LogP contribution >= 0.6 is 11.6 Å². The van der Waals surface area contributed by atoms with E-state index in [0.717, 1.165) is 5.39 Å². The highest BCUT2D eigenvalue weighted by Crippen LogP contribution is 2.29. The summed E-state index contributed by atoms with van der Waals surface area (Å²) < 4.78 is 15.9. The Bertz CT molecular complexity index is 1330. The van der Waals surface area contributed by atoms with Crippen LogP contribution in [0.25, 0.3) is 22.0 Å². The van der Waals surface area contributed by atoms with Crippen LogP contribution < -0.4 is 5.73 Å². The van der Waals surface area contributed by atoms with E-state index in [2.05, 4.69) is 15.0 Å². The highest BCUT2D eigenvalue weighted by Gasteiger charge is 2.24. The number of esters is 2. The zero-order chi connectivity index (χ0) is 22.1. The van der Waals surface area contributed by atoms with E-state index in [4.69, 9.17) is 31.2 Å². The molecule has 31 heavy (non-hydrogen) atoms. The molecule has 4 aromatic rings. The maximum absolute atomic E-state index is 12.5. The van der Waals surface area contributed by atoms with Crippen molar-refractivity contribution >= 4 is 51.4 Å². The predicted octanol–water partition coefficient (Wildman–Crippen LogP) is 3.85. The SMILES string of the molecule is CCOC(=O)c1c(C)oc2nc(COC(=O)c3ccc4nc(Cl)ccc4c3)nc(N)c12. The molecular weight excluding hydrogens is 424 g/mol. The number of hydrogen-bond donors (Lipinski definition) is 1. The molecule has 0 spiro atoms. The number of pyridine rings is 1. The minimum absolute atomic E-state index is 0.0320. The molecule has 0 saturated heterocycles. The summed E-state index contributed by atoms with van der Waals surface area (Å²) in [5.74, 6) is -0.655. The number of halogens is 1. The number of carbonyl (C=O) groups is 2. The molecule has 0 radical (unpaired) electrons. The van der Waals surface area contributed by atoms with Gasteiger partial charge >= 0.3 is 11.9 Å². The molecule has 0 fully saturated rings. The normalized spacial score (nSPS) is 11.1. The number of anilines is 1. The van der Waals surface area contributed by atoms with E-state index in [1.807, 2.05) is 0 Å². The van der Waals surface area contributed by atoms with Gasteiger partial charge in [-0.1, -0.05) is 11.6 Å². The summed E-state index contributed by atoms with van der Waals surface area (Å²) in [6.07, 6.45) is 0. The van der Waals surface area contributed by atoms with Crippen molar-refractivity contribution in [3.8, 4) is 0 Å². The Balaban J connectivity index is 1.56. The first kappa shape index (κ1) is 20.5. The summed E-state index contributed by atoms with van der Waals surface area (Å²) in [7, 11) is 0. The number of carbonyl (C=O) groups excluding carboxylic acids is 2. The summed E-state index contributed by atoms with van der Waals surface area (Å²) in [5.41, 5.74) is 7.32.